The van der Waals surface area contributed by atoms with Gasteiger partial charge in [-0.2, -0.15) is 0 Å². The van der Waals surface area contributed by atoms with Crippen LogP contribution in [0.3, 0.4) is 0 Å². The van der Waals surface area contributed by atoms with E-state index in [1.54, 1.807) is 6.08 Å². The lowest BCUT2D eigenvalue weighted by Crippen LogP contribution is -2.28. The highest BCUT2D eigenvalue weighted by Gasteiger charge is 2.03. The van der Waals surface area contributed by atoms with Crippen molar-refractivity contribution in [2.75, 3.05) is 26.3 Å². The number of aliphatic hydroxyl groups is 2. The van der Waals surface area contributed by atoms with Crippen LogP contribution in [-0.2, 0) is 0 Å². The quantitative estimate of drug-likeness (QED) is 0.638. The van der Waals surface area contributed by atoms with Gasteiger partial charge in [-0.05, 0) is 13.0 Å². The van der Waals surface area contributed by atoms with Gasteiger partial charge in [0.15, 0.2) is 0 Å². The molecule has 0 heterocycles. The molecule has 0 bridgehead atoms. The van der Waals surface area contributed by atoms with Crippen LogP contribution in [0, 0.1) is 0 Å². The molecule has 0 unspecified atom stereocenters. The second-order valence-corrected chi connectivity index (χ2v) is 2.35. The van der Waals surface area contributed by atoms with Gasteiger partial charge in [0.2, 0.25) is 0 Å². The van der Waals surface area contributed by atoms with E-state index >= 15 is 0 Å². The molecule has 0 aromatic heterocycles. The largest absolute Gasteiger partial charge is 0.395 e. The van der Waals surface area contributed by atoms with Crippen molar-refractivity contribution in [3.8, 4) is 0 Å². The fourth-order valence-corrected chi connectivity index (χ4v) is 1.04. The molecule has 0 aromatic carbocycles. The van der Waals surface area contributed by atoms with Gasteiger partial charge in [-0.25, -0.2) is 0 Å². The summed E-state index contributed by atoms with van der Waals surface area (Å²) in [5.74, 6) is 0. The highest BCUT2D eigenvalue weighted by atomic mass is 16.3. The highest BCUT2D eigenvalue weighted by Crippen LogP contribution is 2.03. The van der Waals surface area contributed by atoms with Gasteiger partial charge in [0.25, 0.3) is 0 Å². The topological polar surface area (TPSA) is 43.7 Å². The maximum absolute atomic E-state index is 8.72. The predicted molar refractivity (Wildman–Crippen MR) is 61.0 cm³/mol. The molecule has 0 fully saturated rings. The zero-order valence-corrected chi connectivity index (χ0v) is 9.53. The molecule has 0 rings (SSSR count). The molecule has 0 amide bonds. The van der Waals surface area contributed by atoms with Crippen LogP contribution in [0.2, 0.25) is 0 Å². The smallest absolute Gasteiger partial charge is 0.0606 e. The second kappa shape index (κ2) is 12.2. The number of nitrogens with zero attached hydrogens (tertiary/aromatic N) is 1. The first-order valence-electron chi connectivity index (χ1n) is 5.05. The zero-order chi connectivity index (χ0) is 11.4. The van der Waals surface area contributed by atoms with Crippen molar-refractivity contribution in [3.63, 3.8) is 0 Å². The van der Waals surface area contributed by atoms with Crippen molar-refractivity contribution in [2.24, 2.45) is 0 Å². The Balaban J connectivity index is 0. The fraction of sp³-hybridized carbons (Fsp3) is 0.636. The van der Waals surface area contributed by atoms with Gasteiger partial charge in [-0.3, -0.25) is 0 Å². The molecule has 3 nitrogen and oxygen atoms in total. The van der Waals surface area contributed by atoms with Gasteiger partial charge in [0.1, 0.15) is 0 Å². The van der Waals surface area contributed by atoms with Crippen molar-refractivity contribution in [2.45, 2.75) is 20.8 Å². The normalized spacial score (nSPS) is 10.2. The molecule has 0 saturated heterocycles. The molecule has 0 saturated carbocycles. The summed E-state index contributed by atoms with van der Waals surface area (Å²) in [4.78, 5) is 1.88. The molecule has 2 N–H and O–H groups in total. The van der Waals surface area contributed by atoms with Crippen LogP contribution in [0.25, 0.3) is 0 Å². The fourth-order valence-electron chi connectivity index (χ4n) is 1.04. The summed E-state index contributed by atoms with van der Waals surface area (Å²) in [6.45, 7) is 10.8. The Kier molecular flexibility index (Phi) is 13.6. The van der Waals surface area contributed by atoms with Gasteiger partial charge in [0.05, 0.1) is 13.2 Å². The number of aliphatic hydroxyl groups excluding tert-OH is 2. The molecule has 0 aliphatic carbocycles. The molecule has 0 aliphatic rings. The van der Waals surface area contributed by atoms with Gasteiger partial charge >= 0.3 is 0 Å². The standard InChI is InChI=1S/C9H17NO2.C2H6/c1-3-9(4-2)10(5-7-11)6-8-12;1-2/h3-4,11-12H,1,5-8H2,2H3;1-2H3/b9-4+;. The van der Waals surface area contributed by atoms with Gasteiger partial charge in [0, 0.05) is 18.8 Å². The van der Waals surface area contributed by atoms with Crippen LogP contribution < -0.4 is 0 Å². The van der Waals surface area contributed by atoms with Crippen molar-refractivity contribution in [1.82, 2.24) is 4.90 Å². The minimum atomic E-state index is 0.0885. The number of hydrogen-bond donors (Lipinski definition) is 2. The molecule has 3 heteroatoms. The number of hydrogen-bond acceptors (Lipinski definition) is 3. The molecule has 14 heavy (non-hydrogen) atoms. The maximum Gasteiger partial charge on any atom is 0.0606 e. The van der Waals surface area contributed by atoms with Crippen LogP contribution in [0.1, 0.15) is 20.8 Å². The summed E-state index contributed by atoms with van der Waals surface area (Å²) in [5, 5.41) is 17.4. The van der Waals surface area contributed by atoms with E-state index < -0.39 is 0 Å². The summed E-state index contributed by atoms with van der Waals surface area (Å²) in [6, 6.07) is 0. The van der Waals surface area contributed by atoms with Crippen LogP contribution in [-0.4, -0.2) is 41.4 Å². The molecule has 0 aromatic rings. The molecular weight excluding hydrogens is 178 g/mol. The average Bonchev–Trinajstić information content (AvgIpc) is 2.23. The lowest BCUT2D eigenvalue weighted by atomic mass is 10.3. The van der Waals surface area contributed by atoms with Crippen LogP contribution in [0.4, 0.5) is 0 Å². The Morgan fingerprint density at radius 2 is 1.64 bits per heavy atom. The Morgan fingerprint density at radius 1 is 1.21 bits per heavy atom. The Bertz CT molecular complexity index is 149. The molecular formula is C11H23NO2. The van der Waals surface area contributed by atoms with Gasteiger partial charge in [-0.1, -0.05) is 26.5 Å². The lowest BCUT2D eigenvalue weighted by Gasteiger charge is -2.23. The van der Waals surface area contributed by atoms with E-state index in [-0.39, 0.29) is 13.2 Å². The van der Waals surface area contributed by atoms with Crippen molar-refractivity contribution < 1.29 is 10.2 Å². The third-order valence-electron chi connectivity index (χ3n) is 1.61. The first-order valence-corrected chi connectivity index (χ1v) is 5.05. The Hall–Kier alpha value is -0.800. The van der Waals surface area contributed by atoms with E-state index in [2.05, 4.69) is 6.58 Å². The SMILES string of the molecule is C=C/C(=C\C)N(CCO)CCO.CC. The molecule has 84 valence electrons. The number of allylic oxidation sites excluding steroid dienone is 2. The Morgan fingerprint density at radius 3 is 1.86 bits per heavy atom. The van der Waals surface area contributed by atoms with E-state index in [0.29, 0.717) is 13.1 Å². The molecule has 0 spiro atoms. The van der Waals surface area contributed by atoms with Gasteiger partial charge in [-0.15, -0.1) is 0 Å². The van der Waals surface area contributed by atoms with Crippen molar-refractivity contribution in [1.29, 1.82) is 0 Å². The zero-order valence-electron chi connectivity index (χ0n) is 9.53. The summed E-state index contributed by atoms with van der Waals surface area (Å²) < 4.78 is 0. The molecule has 0 atom stereocenters. The summed E-state index contributed by atoms with van der Waals surface area (Å²) in [7, 11) is 0. The van der Waals surface area contributed by atoms with Crippen LogP contribution >= 0.6 is 0 Å². The van der Waals surface area contributed by atoms with E-state index in [0.717, 1.165) is 5.70 Å². The average molecular weight is 201 g/mol. The van der Waals surface area contributed by atoms with Crippen molar-refractivity contribution in [3.05, 3.63) is 24.4 Å². The van der Waals surface area contributed by atoms with E-state index in [9.17, 15) is 0 Å². The van der Waals surface area contributed by atoms with E-state index in [4.69, 9.17) is 10.2 Å². The summed E-state index contributed by atoms with van der Waals surface area (Å²) >= 11 is 0. The van der Waals surface area contributed by atoms with Crippen LogP contribution in [0.15, 0.2) is 24.4 Å². The maximum atomic E-state index is 8.72. The third-order valence-corrected chi connectivity index (χ3v) is 1.61. The summed E-state index contributed by atoms with van der Waals surface area (Å²) in [5.41, 5.74) is 0.943. The number of rotatable bonds is 6. The monoisotopic (exact) mass is 201 g/mol. The van der Waals surface area contributed by atoms with E-state index in [1.165, 1.54) is 0 Å². The first kappa shape index (κ1) is 15.7. The minimum absolute atomic E-state index is 0.0885. The van der Waals surface area contributed by atoms with Crippen molar-refractivity contribution >= 4 is 0 Å². The Labute approximate surface area is 87.4 Å². The van der Waals surface area contributed by atoms with Crippen LogP contribution in [0.5, 0.6) is 0 Å². The van der Waals surface area contributed by atoms with Gasteiger partial charge < -0.3 is 15.1 Å². The molecule has 0 aliphatic heterocycles. The lowest BCUT2D eigenvalue weighted by molar-refractivity contribution is 0.192. The minimum Gasteiger partial charge on any atom is -0.395 e. The second-order valence-electron chi connectivity index (χ2n) is 2.35. The summed E-state index contributed by atoms with van der Waals surface area (Å²) in [6.07, 6.45) is 3.61. The molecule has 0 radical (unpaired) electrons. The van der Waals surface area contributed by atoms with E-state index in [1.807, 2.05) is 31.7 Å². The first-order chi connectivity index (χ1) is 6.79. The predicted octanol–water partition coefficient (Wildman–Crippen LogP) is 1.39. The highest BCUT2D eigenvalue weighted by molar-refractivity contribution is 5.13. The third kappa shape index (κ3) is 6.69.